The number of nitrogens with two attached hydrogens (primary N) is 1. The van der Waals surface area contributed by atoms with Gasteiger partial charge in [0.15, 0.2) is 6.61 Å². The van der Waals surface area contributed by atoms with E-state index in [9.17, 15) is 4.79 Å². The zero-order chi connectivity index (χ0) is 12.0. The number of carbonyl (C=O) groups excluding carboxylic acids is 1. The SMILES string of the molecule is C=C(C=C(C)c1ccncc1)OCC(N)=O. The van der Waals surface area contributed by atoms with Gasteiger partial charge >= 0.3 is 0 Å². The first-order valence-electron chi connectivity index (χ1n) is 4.78. The molecule has 1 aromatic heterocycles. The van der Waals surface area contributed by atoms with Crippen LogP contribution in [0.3, 0.4) is 0 Å². The number of carbonyl (C=O) groups is 1. The molecule has 0 saturated heterocycles. The Hall–Kier alpha value is -2.10. The number of ether oxygens (including phenoxy) is 1. The van der Waals surface area contributed by atoms with Crippen molar-refractivity contribution in [3.63, 3.8) is 0 Å². The maximum Gasteiger partial charge on any atom is 0.255 e. The fraction of sp³-hybridized carbons (Fsp3) is 0.167. The summed E-state index contributed by atoms with van der Waals surface area (Å²) in [6.07, 6.45) is 5.16. The van der Waals surface area contributed by atoms with Crippen LogP contribution in [0.1, 0.15) is 12.5 Å². The number of pyridine rings is 1. The van der Waals surface area contributed by atoms with Crippen molar-refractivity contribution in [1.29, 1.82) is 0 Å². The average Bonchev–Trinajstić information content (AvgIpc) is 2.27. The quantitative estimate of drug-likeness (QED) is 0.601. The molecule has 0 atom stereocenters. The second-order valence-corrected chi connectivity index (χ2v) is 3.28. The van der Waals surface area contributed by atoms with Crippen LogP contribution in [0.4, 0.5) is 0 Å². The molecule has 0 bridgehead atoms. The van der Waals surface area contributed by atoms with E-state index in [1.165, 1.54) is 0 Å². The highest BCUT2D eigenvalue weighted by Crippen LogP contribution is 2.14. The fourth-order valence-electron chi connectivity index (χ4n) is 1.15. The van der Waals surface area contributed by atoms with E-state index < -0.39 is 5.91 Å². The number of hydrogen-bond donors (Lipinski definition) is 1. The maximum atomic E-state index is 10.5. The van der Waals surface area contributed by atoms with Gasteiger partial charge in [-0.15, -0.1) is 0 Å². The van der Waals surface area contributed by atoms with Crippen molar-refractivity contribution in [3.8, 4) is 0 Å². The Morgan fingerprint density at radius 1 is 1.56 bits per heavy atom. The van der Waals surface area contributed by atoms with E-state index in [2.05, 4.69) is 11.6 Å². The monoisotopic (exact) mass is 218 g/mol. The van der Waals surface area contributed by atoms with Gasteiger partial charge in [0, 0.05) is 12.4 Å². The van der Waals surface area contributed by atoms with E-state index in [1.54, 1.807) is 18.5 Å². The zero-order valence-electron chi connectivity index (χ0n) is 9.14. The number of allylic oxidation sites excluding steroid dienone is 2. The van der Waals surface area contributed by atoms with Gasteiger partial charge in [-0.2, -0.15) is 0 Å². The van der Waals surface area contributed by atoms with Gasteiger partial charge in [-0.1, -0.05) is 6.58 Å². The van der Waals surface area contributed by atoms with Crippen LogP contribution in [-0.4, -0.2) is 17.5 Å². The highest BCUT2D eigenvalue weighted by molar-refractivity contribution is 5.75. The minimum absolute atomic E-state index is 0.154. The standard InChI is InChI=1S/C12H14N2O2/c1-9(11-3-5-14-6-4-11)7-10(2)16-8-12(13)15/h3-7H,2,8H2,1H3,(H2,13,15). The molecule has 1 rings (SSSR count). The van der Waals surface area contributed by atoms with Crippen molar-refractivity contribution in [2.45, 2.75) is 6.92 Å². The molecule has 0 saturated carbocycles. The predicted octanol–water partition coefficient (Wildman–Crippen LogP) is 1.50. The summed E-state index contributed by atoms with van der Waals surface area (Å²) in [6.45, 7) is 5.44. The van der Waals surface area contributed by atoms with E-state index in [1.807, 2.05) is 19.1 Å². The molecule has 0 aromatic carbocycles. The summed E-state index contributed by atoms with van der Waals surface area (Å²) in [5.74, 6) is -0.107. The molecular formula is C12H14N2O2. The number of nitrogens with zero attached hydrogens (tertiary/aromatic N) is 1. The molecule has 0 fully saturated rings. The van der Waals surface area contributed by atoms with E-state index in [0.717, 1.165) is 11.1 Å². The van der Waals surface area contributed by atoms with Gasteiger partial charge in [-0.3, -0.25) is 9.78 Å². The van der Waals surface area contributed by atoms with Crippen LogP contribution in [0.15, 0.2) is 42.9 Å². The highest BCUT2D eigenvalue weighted by Gasteiger charge is 1.98. The first-order chi connectivity index (χ1) is 7.59. The second kappa shape index (κ2) is 5.70. The van der Waals surface area contributed by atoms with Crippen LogP contribution in [-0.2, 0) is 9.53 Å². The summed E-state index contributed by atoms with van der Waals surface area (Å²) in [7, 11) is 0. The molecule has 84 valence electrons. The summed E-state index contributed by atoms with van der Waals surface area (Å²) in [5, 5.41) is 0. The highest BCUT2D eigenvalue weighted by atomic mass is 16.5. The molecule has 0 spiro atoms. The van der Waals surface area contributed by atoms with Crippen molar-refractivity contribution < 1.29 is 9.53 Å². The molecule has 4 nitrogen and oxygen atoms in total. The summed E-state index contributed by atoms with van der Waals surface area (Å²) in [5.41, 5.74) is 6.96. The first kappa shape index (κ1) is 12.0. The Morgan fingerprint density at radius 3 is 2.75 bits per heavy atom. The van der Waals surface area contributed by atoms with Crippen LogP contribution in [0.5, 0.6) is 0 Å². The summed E-state index contributed by atoms with van der Waals surface area (Å²) >= 11 is 0. The largest absolute Gasteiger partial charge is 0.484 e. The van der Waals surface area contributed by atoms with Gasteiger partial charge in [0.1, 0.15) is 5.76 Å². The molecule has 0 aliphatic carbocycles. The molecule has 4 heteroatoms. The Labute approximate surface area is 94.4 Å². The lowest BCUT2D eigenvalue weighted by molar-refractivity contribution is -0.121. The number of primary amides is 1. The number of hydrogen-bond acceptors (Lipinski definition) is 3. The van der Waals surface area contributed by atoms with Crippen molar-refractivity contribution in [3.05, 3.63) is 48.5 Å². The molecule has 0 radical (unpaired) electrons. The van der Waals surface area contributed by atoms with Crippen molar-refractivity contribution >= 4 is 11.5 Å². The second-order valence-electron chi connectivity index (χ2n) is 3.28. The summed E-state index contributed by atoms with van der Waals surface area (Å²) in [4.78, 5) is 14.4. The van der Waals surface area contributed by atoms with Crippen LogP contribution >= 0.6 is 0 Å². The number of aromatic nitrogens is 1. The predicted molar refractivity (Wildman–Crippen MR) is 62.2 cm³/mol. The van der Waals surface area contributed by atoms with Gasteiger partial charge in [0.05, 0.1) is 0 Å². The number of rotatable bonds is 5. The summed E-state index contributed by atoms with van der Waals surface area (Å²) in [6, 6.07) is 3.76. The molecule has 0 unspecified atom stereocenters. The van der Waals surface area contributed by atoms with Gasteiger partial charge in [0.25, 0.3) is 5.91 Å². The van der Waals surface area contributed by atoms with Crippen molar-refractivity contribution in [2.24, 2.45) is 5.73 Å². The van der Waals surface area contributed by atoms with Crippen LogP contribution < -0.4 is 5.73 Å². The smallest absolute Gasteiger partial charge is 0.255 e. The third kappa shape index (κ3) is 3.96. The number of amides is 1. The van der Waals surface area contributed by atoms with Crippen molar-refractivity contribution in [1.82, 2.24) is 4.98 Å². The molecular weight excluding hydrogens is 204 g/mol. The Morgan fingerprint density at radius 2 is 2.19 bits per heavy atom. The van der Waals surface area contributed by atoms with E-state index in [-0.39, 0.29) is 6.61 Å². The maximum absolute atomic E-state index is 10.5. The molecule has 1 aromatic rings. The minimum Gasteiger partial charge on any atom is -0.484 e. The lowest BCUT2D eigenvalue weighted by Crippen LogP contribution is -2.17. The topological polar surface area (TPSA) is 65.2 Å². The van der Waals surface area contributed by atoms with Gasteiger partial charge < -0.3 is 10.5 Å². The zero-order valence-corrected chi connectivity index (χ0v) is 9.14. The third-order valence-electron chi connectivity index (χ3n) is 1.91. The molecule has 16 heavy (non-hydrogen) atoms. The van der Waals surface area contributed by atoms with Crippen molar-refractivity contribution in [2.75, 3.05) is 6.61 Å². The van der Waals surface area contributed by atoms with Crippen LogP contribution in [0.25, 0.3) is 5.57 Å². The lowest BCUT2D eigenvalue weighted by Gasteiger charge is -2.05. The Bertz CT molecular complexity index is 410. The molecule has 2 N–H and O–H groups in total. The van der Waals surface area contributed by atoms with Gasteiger partial charge in [-0.25, -0.2) is 0 Å². The molecule has 1 heterocycles. The van der Waals surface area contributed by atoms with Crippen LogP contribution in [0.2, 0.25) is 0 Å². The van der Waals surface area contributed by atoms with Gasteiger partial charge in [-0.05, 0) is 36.3 Å². The average molecular weight is 218 g/mol. The minimum atomic E-state index is -0.517. The molecule has 0 aliphatic rings. The third-order valence-corrected chi connectivity index (χ3v) is 1.91. The van der Waals surface area contributed by atoms with E-state index >= 15 is 0 Å². The molecule has 0 aliphatic heterocycles. The van der Waals surface area contributed by atoms with E-state index in [4.69, 9.17) is 10.5 Å². The first-order valence-corrected chi connectivity index (χ1v) is 4.78. The summed E-state index contributed by atoms with van der Waals surface area (Å²) < 4.78 is 5.03. The normalized spacial score (nSPS) is 10.9. The lowest BCUT2D eigenvalue weighted by atomic mass is 10.1. The Kier molecular flexibility index (Phi) is 4.27. The fourth-order valence-corrected chi connectivity index (χ4v) is 1.15. The molecule has 1 amide bonds. The van der Waals surface area contributed by atoms with Crippen LogP contribution in [0, 0.1) is 0 Å². The van der Waals surface area contributed by atoms with Gasteiger partial charge in [0.2, 0.25) is 0 Å². The van der Waals surface area contributed by atoms with E-state index in [0.29, 0.717) is 5.76 Å². The Balaban J connectivity index is 2.63.